The monoisotopic (exact) mass is 395 g/mol. The number of hydrogen-bond acceptors (Lipinski definition) is 7. The normalized spacial score (nSPS) is 11.5. The number of hydrogen-bond donors (Lipinski definition) is 1. The predicted octanol–water partition coefficient (Wildman–Crippen LogP) is 3.57. The second kappa shape index (κ2) is 14.7. The Bertz CT molecular complexity index is 561. The fourth-order valence-electron chi connectivity index (χ4n) is 2.38. The van der Waals surface area contributed by atoms with Gasteiger partial charge in [0.15, 0.2) is 0 Å². The van der Waals surface area contributed by atoms with Crippen molar-refractivity contribution in [3.63, 3.8) is 0 Å². The molecule has 0 amide bonds. The summed E-state index contributed by atoms with van der Waals surface area (Å²) >= 11 is 0. The van der Waals surface area contributed by atoms with E-state index in [1.807, 2.05) is 38.1 Å². The highest BCUT2D eigenvalue weighted by molar-refractivity contribution is 5.69. The lowest BCUT2D eigenvalue weighted by Crippen LogP contribution is -2.29. The number of carbonyl (C=O) groups is 2. The van der Waals surface area contributed by atoms with Gasteiger partial charge in [0.2, 0.25) is 0 Å². The number of benzene rings is 1. The number of carbonyl (C=O) groups excluding carboxylic acids is 2. The van der Waals surface area contributed by atoms with Crippen LogP contribution in [-0.4, -0.2) is 51.5 Å². The summed E-state index contributed by atoms with van der Waals surface area (Å²) in [5.74, 6) is 0.322. The molecule has 0 saturated heterocycles. The molecule has 0 aromatic heterocycles. The first kappa shape index (κ1) is 23.8. The molecular weight excluding hydrogens is 362 g/mol. The first-order chi connectivity index (χ1) is 13.6. The first-order valence-corrected chi connectivity index (χ1v) is 9.88. The summed E-state index contributed by atoms with van der Waals surface area (Å²) in [6, 6.07) is 7.35. The summed E-state index contributed by atoms with van der Waals surface area (Å²) in [4.78, 5) is 23.2. The van der Waals surface area contributed by atoms with Crippen molar-refractivity contribution in [3.05, 3.63) is 24.3 Å². The van der Waals surface area contributed by atoms with Gasteiger partial charge in [0, 0.05) is 32.1 Å². The highest BCUT2D eigenvalue weighted by Gasteiger charge is 2.13. The third-order valence-electron chi connectivity index (χ3n) is 3.86. The van der Waals surface area contributed by atoms with Crippen LogP contribution in [0.4, 0.5) is 5.69 Å². The third-order valence-corrected chi connectivity index (χ3v) is 3.86. The molecule has 0 heterocycles. The SMILES string of the molecule is CCCC(=O)OCCC(COC(=O)CCC)Nc1ccc(OCCOC)cc1. The van der Waals surface area contributed by atoms with Crippen molar-refractivity contribution < 1.29 is 28.5 Å². The van der Waals surface area contributed by atoms with E-state index in [1.165, 1.54) is 0 Å². The minimum atomic E-state index is -0.223. The first-order valence-electron chi connectivity index (χ1n) is 9.88. The van der Waals surface area contributed by atoms with Gasteiger partial charge in [-0.05, 0) is 37.1 Å². The van der Waals surface area contributed by atoms with E-state index in [0.717, 1.165) is 24.3 Å². The zero-order chi connectivity index (χ0) is 20.6. The largest absolute Gasteiger partial charge is 0.491 e. The Morgan fingerprint density at radius 2 is 1.57 bits per heavy atom. The summed E-state index contributed by atoms with van der Waals surface area (Å²) in [5.41, 5.74) is 0.871. The van der Waals surface area contributed by atoms with Gasteiger partial charge < -0.3 is 24.3 Å². The highest BCUT2D eigenvalue weighted by Crippen LogP contribution is 2.17. The second-order valence-corrected chi connectivity index (χ2v) is 6.40. The molecule has 0 saturated carbocycles. The summed E-state index contributed by atoms with van der Waals surface area (Å²) in [7, 11) is 1.63. The van der Waals surface area contributed by atoms with Crippen LogP contribution in [0.3, 0.4) is 0 Å². The number of nitrogens with one attached hydrogen (secondary N) is 1. The number of ether oxygens (including phenoxy) is 4. The van der Waals surface area contributed by atoms with Crippen LogP contribution in [0.5, 0.6) is 5.75 Å². The summed E-state index contributed by atoms with van der Waals surface area (Å²) < 4.78 is 21.1. The van der Waals surface area contributed by atoms with Crippen LogP contribution >= 0.6 is 0 Å². The van der Waals surface area contributed by atoms with Gasteiger partial charge in [-0.2, -0.15) is 0 Å². The lowest BCUT2D eigenvalue weighted by atomic mass is 10.2. The van der Waals surface area contributed by atoms with Crippen molar-refractivity contribution in [2.75, 3.05) is 38.9 Å². The molecule has 0 aliphatic heterocycles. The Hall–Kier alpha value is -2.28. The lowest BCUT2D eigenvalue weighted by molar-refractivity contribution is -0.146. The minimum absolute atomic E-state index is 0.157. The lowest BCUT2D eigenvalue weighted by Gasteiger charge is -2.20. The van der Waals surface area contributed by atoms with Crippen molar-refractivity contribution in [1.29, 1.82) is 0 Å². The molecule has 7 heteroatoms. The van der Waals surface area contributed by atoms with E-state index >= 15 is 0 Å². The molecule has 7 nitrogen and oxygen atoms in total. The van der Waals surface area contributed by atoms with Crippen LogP contribution in [-0.2, 0) is 23.8 Å². The molecule has 0 aliphatic carbocycles. The van der Waals surface area contributed by atoms with Gasteiger partial charge in [-0.15, -0.1) is 0 Å². The molecule has 0 aliphatic rings. The van der Waals surface area contributed by atoms with E-state index in [-0.39, 0.29) is 31.2 Å². The summed E-state index contributed by atoms with van der Waals surface area (Å²) in [5, 5.41) is 3.33. The Morgan fingerprint density at radius 1 is 0.929 bits per heavy atom. The molecule has 0 fully saturated rings. The Labute approximate surface area is 167 Å². The highest BCUT2D eigenvalue weighted by atomic mass is 16.5. The smallest absolute Gasteiger partial charge is 0.305 e. The van der Waals surface area contributed by atoms with E-state index in [4.69, 9.17) is 18.9 Å². The Morgan fingerprint density at radius 3 is 2.18 bits per heavy atom. The Balaban J connectivity index is 2.56. The van der Waals surface area contributed by atoms with Crippen molar-refractivity contribution in [2.45, 2.75) is 52.0 Å². The number of rotatable bonds is 15. The van der Waals surface area contributed by atoms with E-state index in [1.54, 1.807) is 7.11 Å². The van der Waals surface area contributed by atoms with E-state index in [0.29, 0.717) is 32.5 Å². The zero-order valence-electron chi connectivity index (χ0n) is 17.2. The molecule has 0 spiro atoms. The van der Waals surface area contributed by atoms with Gasteiger partial charge in [-0.3, -0.25) is 9.59 Å². The molecule has 0 radical (unpaired) electrons. The van der Waals surface area contributed by atoms with Gasteiger partial charge in [-0.25, -0.2) is 0 Å². The molecule has 0 bridgehead atoms. The van der Waals surface area contributed by atoms with E-state index < -0.39 is 0 Å². The fraction of sp³-hybridized carbons (Fsp3) is 0.619. The molecule has 1 N–H and O–H groups in total. The van der Waals surface area contributed by atoms with Gasteiger partial charge >= 0.3 is 11.9 Å². The standard InChI is InChI=1S/C21H33NO6/c1-4-6-20(23)27-13-12-18(16-28-21(24)7-5-2)22-17-8-10-19(11-9-17)26-15-14-25-3/h8-11,18,22H,4-7,12-16H2,1-3H3. The van der Waals surface area contributed by atoms with Crippen molar-refractivity contribution >= 4 is 17.6 Å². The Kier molecular flexibility index (Phi) is 12.5. The molecule has 1 unspecified atom stereocenters. The predicted molar refractivity (Wildman–Crippen MR) is 108 cm³/mol. The maximum atomic E-state index is 11.7. The maximum absolute atomic E-state index is 11.7. The van der Waals surface area contributed by atoms with Crippen LogP contribution < -0.4 is 10.1 Å². The van der Waals surface area contributed by atoms with E-state index in [9.17, 15) is 9.59 Å². The quantitative estimate of drug-likeness (QED) is 0.359. The van der Waals surface area contributed by atoms with Crippen molar-refractivity contribution in [3.8, 4) is 5.75 Å². The minimum Gasteiger partial charge on any atom is -0.491 e. The molecule has 1 aromatic carbocycles. The molecular formula is C21H33NO6. The molecule has 1 atom stereocenters. The molecule has 28 heavy (non-hydrogen) atoms. The molecule has 1 rings (SSSR count). The molecule has 1 aromatic rings. The summed E-state index contributed by atoms with van der Waals surface area (Å²) in [6.07, 6.45) is 2.85. The number of anilines is 1. The topological polar surface area (TPSA) is 83.1 Å². The number of methoxy groups -OCH3 is 1. The van der Waals surface area contributed by atoms with Crippen LogP contribution in [0.1, 0.15) is 46.0 Å². The van der Waals surface area contributed by atoms with Gasteiger partial charge in [0.25, 0.3) is 0 Å². The average Bonchev–Trinajstić information content (AvgIpc) is 2.68. The second-order valence-electron chi connectivity index (χ2n) is 6.40. The zero-order valence-corrected chi connectivity index (χ0v) is 17.2. The van der Waals surface area contributed by atoms with Crippen molar-refractivity contribution in [2.24, 2.45) is 0 Å². The van der Waals surface area contributed by atoms with Crippen molar-refractivity contribution in [1.82, 2.24) is 0 Å². The fourth-order valence-corrected chi connectivity index (χ4v) is 2.38. The molecule has 158 valence electrons. The average molecular weight is 395 g/mol. The third kappa shape index (κ3) is 10.8. The van der Waals surface area contributed by atoms with Gasteiger partial charge in [0.05, 0.1) is 19.3 Å². The number of esters is 2. The van der Waals surface area contributed by atoms with Crippen LogP contribution in [0, 0.1) is 0 Å². The van der Waals surface area contributed by atoms with Gasteiger partial charge in [0.1, 0.15) is 19.0 Å². The van der Waals surface area contributed by atoms with Crippen LogP contribution in [0.15, 0.2) is 24.3 Å². The van der Waals surface area contributed by atoms with Crippen LogP contribution in [0.2, 0.25) is 0 Å². The maximum Gasteiger partial charge on any atom is 0.305 e. The van der Waals surface area contributed by atoms with E-state index in [2.05, 4.69) is 5.32 Å². The van der Waals surface area contributed by atoms with Gasteiger partial charge in [-0.1, -0.05) is 13.8 Å². The summed E-state index contributed by atoms with van der Waals surface area (Å²) in [6.45, 7) is 5.38. The van der Waals surface area contributed by atoms with Crippen LogP contribution in [0.25, 0.3) is 0 Å².